The molecule has 1 amide bonds. The van der Waals surface area contributed by atoms with E-state index in [4.69, 9.17) is 20.5 Å². The lowest BCUT2D eigenvalue weighted by Crippen LogP contribution is -2.10. The number of carbonyl (C=O) groups is 1. The first kappa shape index (κ1) is 12.4. The van der Waals surface area contributed by atoms with Gasteiger partial charge in [0.2, 0.25) is 0 Å². The van der Waals surface area contributed by atoms with E-state index in [2.05, 4.69) is 15.0 Å². The van der Waals surface area contributed by atoms with Crippen molar-refractivity contribution in [1.82, 2.24) is 4.98 Å². The zero-order valence-electron chi connectivity index (χ0n) is 7.98. The summed E-state index contributed by atoms with van der Waals surface area (Å²) in [6, 6.07) is 0. The maximum absolute atomic E-state index is 11.1. The van der Waals surface area contributed by atoms with Gasteiger partial charge >= 0.3 is 0 Å². The third-order valence-corrected chi connectivity index (χ3v) is 2.33. The minimum atomic E-state index is -1.44. The Hall–Kier alpha value is -1.67. The van der Waals surface area contributed by atoms with Crippen LogP contribution in [0.2, 0.25) is 0 Å². The first-order chi connectivity index (χ1) is 7.63. The molecule has 1 rings (SSSR count). The van der Waals surface area contributed by atoms with E-state index >= 15 is 0 Å². The maximum Gasteiger partial charge on any atom is 0.273 e. The summed E-state index contributed by atoms with van der Waals surface area (Å²) in [4.78, 5) is 17.3. The smallest absolute Gasteiger partial charge is 0.273 e. The summed E-state index contributed by atoms with van der Waals surface area (Å²) in [5.74, 6) is -0.725. The van der Waals surface area contributed by atoms with E-state index in [9.17, 15) is 4.79 Å². The van der Waals surface area contributed by atoms with Crippen LogP contribution in [0.3, 0.4) is 0 Å². The molecule has 8 nitrogen and oxygen atoms in total. The number of aliphatic hydroxyl groups excluding tert-OH is 1. The Kier molecular flexibility index (Phi) is 4.67. The standard InChI is InChI=1S/C7H8N4O4S/c8-11-10-6(14)4-3-9-7(16-4)15-2-1-5(12)13/h3,5,12-13H,1-2H2. The van der Waals surface area contributed by atoms with Crippen molar-refractivity contribution in [1.29, 1.82) is 0 Å². The van der Waals surface area contributed by atoms with Crippen molar-refractivity contribution in [2.75, 3.05) is 6.61 Å². The summed E-state index contributed by atoms with van der Waals surface area (Å²) in [5.41, 5.74) is 8.04. The molecule has 0 saturated heterocycles. The number of rotatable bonds is 5. The van der Waals surface area contributed by atoms with Crippen LogP contribution >= 0.6 is 11.3 Å². The highest BCUT2D eigenvalue weighted by atomic mass is 32.1. The Morgan fingerprint density at radius 2 is 2.50 bits per heavy atom. The van der Waals surface area contributed by atoms with Crippen LogP contribution in [0.25, 0.3) is 10.4 Å². The van der Waals surface area contributed by atoms with Gasteiger partial charge in [-0.3, -0.25) is 4.79 Å². The fourth-order valence-electron chi connectivity index (χ4n) is 0.765. The molecule has 0 aliphatic heterocycles. The molecular formula is C7H8N4O4S. The Morgan fingerprint density at radius 3 is 3.12 bits per heavy atom. The van der Waals surface area contributed by atoms with Crippen molar-refractivity contribution in [3.05, 3.63) is 21.5 Å². The van der Waals surface area contributed by atoms with Crippen LogP contribution in [0.4, 0.5) is 0 Å². The Balaban J connectivity index is 2.51. The van der Waals surface area contributed by atoms with E-state index < -0.39 is 12.2 Å². The first-order valence-corrected chi connectivity index (χ1v) is 4.99. The number of aromatic nitrogens is 1. The van der Waals surface area contributed by atoms with Crippen molar-refractivity contribution < 1.29 is 19.7 Å². The lowest BCUT2D eigenvalue weighted by Gasteiger charge is -2.02. The van der Waals surface area contributed by atoms with Gasteiger partial charge in [-0.25, -0.2) is 4.98 Å². The van der Waals surface area contributed by atoms with E-state index in [-0.39, 0.29) is 23.1 Å². The van der Waals surface area contributed by atoms with Crippen LogP contribution < -0.4 is 4.74 Å². The average molecular weight is 244 g/mol. The van der Waals surface area contributed by atoms with E-state index in [0.717, 1.165) is 11.3 Å². The van der Waals surface area contributed by atoms with E-state index in [1.807, 2.05) is 0 Å². The molecule has 0 aromatic carbocycles. The van der Waals surface area contributed by atoms with Gasteiger partial charge in [-0.2, -0.15) is 0 Å². The minimum Gasteiger partial charge on any atom is -0.470 e. The maximum atomic E-state index is 11.1. The molecule has 86 valence electrons. The average Bonchev–Trinajstić information content (AvgIpc) is 2.66. The molecular weight excluding hydrogens is 236 g/mol. The quantitative estimate of drug-likeness (QED) is 0.340. The van der Waals surface area contributed by atoms with Gasteiger partial charge in [-0.15, -0.1) is 0 Å². The highest BCUT2D eigenvalue weighted by molar-refractivity contribution is 7.15. The van der Waals surface area contributed by atoms with Crippen LogP contribution in [-0.4, -0.2) is 34.0 Å². The number of nitrogens with zero attached hydrogens (tertiary/aromatic N) is 4. The molecule has 0 saturated carbocycles. The molecule has 0 atom stereocenters. The van der Waals surface area contributed by atoms with Gasteiger partial charge in [-0.05, 0) is 10.6 Å². The number of azide groups is 1. The van der Waals surface area contributed by atoms with Crippen LogP contribution in [0.5, 0.6) is 5.19 Å². The highest BCUT2D eigenvalue weighted by Gasteiger charge is 2.09. The first-order valence-electron chi connectivity index (χ1n) is 4.17. The summed E-state index contributed by atoms with van der Waals surface area (Å²) >= 11 is 0.922. The number of thiazole rings is 1. The highest BCUT2D eigenvalue weighted by Crippen LogP contribution is 2.21. The molecule has 0 aliphatic rings. The van der Waals surface area contributed by atoms with E-state index in [1.54, 1.807) is 0 Å². The molecule has 0 fully saturated rings. The molecule has 0 spiro atoms. The summed E-state index contributed by atoms with van der Waals surface area (Å²) < 4.78 is 5.03. The molecule has 0 radical (unpaired) electrons. The number of aliphatic hydroxyl groups is 2. The predicted molar refractivity (Wildman–Crippen MR) is 53.9 cm³/mol. The summed E-state index contributed by atoms with van der Waals surface area (Å²) in [5, 5.41) is 20.2. The largest absolute Gasteiger partial charge is 0.470 e. The Labute approximate surface area is 93.7 Å². The zero-order valence-corrected chi connectivity index (χ0v) is 8.79. The number of hydrogen-bond donors (Lipinski definition) is 2. The van der Waals surface area contributed by atoms with Gasteiger partial charge in [0.1, 0.15) is 4.88 Å². The lowest BCUT2D eigenvalue weighted by atomic mass is 10.4. The van der Waals surface area contributed by atoms with Crippen molar-refractivity contribution in [2.24, 2.45) is 5.11 Å². The molecule has 1 aromatic rings. The van der Waals surface area contributed by atoms with Gasteiger partial charge in [-0.1, -0.05) is 11.3 Å². The van der Waals surface area contributed by atoms with Crippen molar-refractivity contribution in [3.63, 3.8) is 0 Å². The predicted octanol–water partition coefficient (Wildman–Crippen LogP) is 0.673. The second-order valence-corrected chi connectivity index (χ2v) is 3.60. The molecule has 0 unspecified atom stereocenters. The van der Waals surface area contributed by atoms with Crippen LogP contribution in [0.15, 0.2) is 11.3 Å². The second kappa shape index (κ2) is 6.03. The monoisotopic (exact) mass is 244 g/mol. The molecule has 0 aliphatic carbocycles. The third kappa shape index (κ3) is 3.83. The lowest BCUT2D eigenvalue weighted by molar-refractivity contribution is -0.0519. The number of amides is 1. The van der Waals surface area contributed by atoms with Crippen molar-refractivity contribution in [3.8, 4) is 5.19 Å². The molecule has 1 aromatic heterocycles. The summed E-state index contributed by atoms with van der Waals surface area (Å²) in [7, 11) is 0. The van der Waals surface area contributed by atoms with Gasteiger partial charge in [0, 0.05) is 11.3 Å². The molecule has 9 heteroatoms. The molecule has 16 heavy (non-hydrogen) atoms. The topological polar surface area (TPSA) is 128 Å². The van der Waals surface area contributed by atoms with E-state index in [1.165, 1.54) is 6.20 Å². The SMILES string of the molecule is [N-]=[N+]=NC(=O)c1cnc(OCCC(O)O)s1. The van der Waals surface area contributed by atoms with Gasteiger partial charge in [0.15, 0.2) is 6.29 Å². The van der Waals surface area contributed by atoms with Crippen LogP contribution in [0.1, 0.15) is 16.1 Å². The molecule has 1 heterocycles. The Bertz CT molecular complexity index is 412. The van der Waals surface area contributed by atoms with Gasteiger partial charge in [0.05, 0.1) is 12.8 Å². The normalized spacial score (nSPS) is 9.94. The molecule has 2 N–H and O–H groups in total. The third-order valence-electron chi connectivity index (χ3n) is 1.43. The minimum absolute atomic E-state index is 0.0409. The Morgan fingerprint density at radius 1 is 1.75 bits per heavy atom. The van der Waals surface area contributed by atoms with E-state index in [0.29, 0.717) is 0 Å². The van der Waals surface area contributed by atoms with Crippen LogP contribution in [0, 0.1) is 0 Å². The van der Waals surface area contributed by atoms with Gasteiger partial charge in [0.25, 0.3) is 11.1 Å². The number of ether oxygens (including phenoxy) is 1. The van der Waals surface area contributed by atoms with Gasteiger partial charge < -0.3 is 14.9 Å². The number of carbonyl (C=O) groups excluding carboxylic acids is 1. The molecule has 0 bridgehead atoms. The van der Waals surface area contributed by atoms with Crippen LogP contribution in [-0.2, 0) is 0 Å². The fraction of sp³-hybridized carbons (Fsp3) is 0.429. The second-order valence-electron chi connectivity index (χ2n) is 2.60. The van der Waals surface area contributed by atoms with Crippen molar-refractivity contribution >= 4 is 17.2 Å². The zero-order chi connectivity index (χ0) is 12.0. The summed E-state index contributed by atoms with van der Waals surface area (Å²) in [6.07, 6.45) is -0.171. The summed E-state index contributed by atoms with van der Waals surface area (Å²) in [6.45, 7) is 0.0698. The number of hydrogen-bond acceptors (Lipinski definition) is 6. The fourth-order valence-corrected chi connectivity index (χ4v) is 1.43. The van der Waals surface area contributed by atoms with Crippen molar-refractivity contribution in [2.45, 2.75) is 12.7 Å².